The third kappa shape index (κ3) is 4.77. The second-order valence-electron chi connectivity index (χ2n) is 11.5. The fourth-order valence-corrected chi connectivity index (χ4v) is 7.09. The van der Waals surface area contributed by atoms with E-state index in [1.54, 1.807) is 22.0 Å². The molecular formula is C33H40N2O6. The molecule has 1 N–H and O–H groups in total. The van der Waals surface area contributed by atoms with Crippen molar-refractivity contribution in [3.8, 4) is 0 Å². The van der Waals surface area contributed by atoms with Crippen molar-refractivity contribution < 1.29 is 29.0 Å². The van der Waals surface area contributed by atoms with Gasteiger partial charge in [0.2, 0.25) is 5.91 Å². The van der Waals surface area contributed by atoms with Crippen LogP contribution in [0.25, 0.3) is 10.8 Å². The summed E-state index contributed by atoms with van der Waals surface area (Å²) in [6.07, 6.45) is 5.05. The minimum Gasteiger partial charge on any atom is -0.465 e. The first kappa shape index (κ1) is 29.0. The first-order valence-corrected chi connectivity index (χ1v) is 14.6. The Labute approximate surface area is 241 Å². The lowest BCUT2D eigenvalue weighted by Gasteiger charge is -2.41. The van der Waals surface area contributed by atoms with Crippen LogP contribution >= 0.6 is 0 Å². The summed E-state index contributed by atoms with van der Waals surface area (Å²) in [5, 5.41) is 12.6. The Hall–Kier alpha value is -3.49. The van der Waals surface area contributed by atoms with Crippen LogP contribution in [0.5, 0.6) is 0 Å². The number of esters is 1. The molecule has 0 radical (unpaired) electrons. The van der Waals surface area contributed by atoms with E-state index < -0.39 is 41.6 Å². The van der Waals surface area contributed by atoms with Crippen LogP contribution in [0.1, 0.15) is 39.5 Å². The summed E-state index contributed by atoms with van der Waals surface area (Å²) in [7, 11) is 0. The fraction of sp³-hybridized carbons (Fsp3) is 0.485. The van der Waals surface area contributed by atoms with Gasteiger partial charge in [-0.15, -0.1) is 13.2 Å². The molecule has 8 heteroatoms. The average molecular weight is 561 g/mol. The van der Waals surface area contributed by atoms with Crippen molar-refractivity contribution in [1.29, 1.82) is 0 Å². The number of carbonyl (C=O) groups excluding carboxylic acids is 3. The van der Waals surface area contributed by atoms with E-state index in [0.717, 1.165) is 10.8 Å². The number of likely N-dealkylation sites (tertiary alicyclic amines) is 1. The third-order valence-corrected chi connectivity index (χ3v) is 9.28. The van der Waals surface area contributed by atoms with Crippen LogP contribution in [0.4, 0.5) is 5.69 Å². The predicted molar refractivity (Wildman–Crippen MR) is 157 cm³/mol. The van der Waals surface area contributed by atoms with Crippen LogP contribution in [0.15, 0.2) is 67.8 Å². The number of aliphatic hydroxyl groups is 1. The molecule has 3 saturated heterocycles. The smallest absolute Gasteiger partial charge is 0.312 e. The number of hydrogen-bond acceptors (Lipinski definition) is 6. The number of aliphatic hydroxyl groups excluding tert-OH is 1. The van der Waals surface area contributed by atoms with Crippen molar-refractivity contribution in [3.63, 3.8) is 0 Å². The van der Waals surface area contributed by atoms with Crippen LogP contribution in [-0.4, -0.2) is 71.3 Å². The van der Waals surface area contributed by atoms with Crippen LogP contribution in [-0.2, 0) is 23.9 Å². The number of ether oxygens (including phenoxy) is 2. The van der Waals surface area contributed by atoms with Gasteiger partial charge in [-0.25, -0.2) is 0 Å². The summed E-state index contributed by atoms with van der Waals surface area (Å²) in [4.78, 5) is 45.6. The molecule has 0 saturated carbocycles. The maximum atomic E-state index is 14.8. The number of nitrogens with zero attached hydrogens (tertiary/aromatic N) is 2. The Morgan fingerprint density at radius 3 is 2.66 bits per heavy atom. The van der Waals surface area contributed by atoms with E-state index in [1.165, 1.54) is 0 Å². The Morgan fingerprint density at radius 2 is 1.98 bits per heavy atom. The lowest BCUT2D eigenvalue weighted by Crippen LogP contribution is -2.60. The highest BCUT2D eigenvalue weighted by Crippen LogP contribution is 2.59. The number of benzene rings is 2. The maximum absolute atomic E-state index is 14.8. The number of anilines is 1. The zero-order valence-electron chi connectivity index (χ0n) is 23.9. The molecule has 1 spiro atoms. The molecule has 3 aliphatic heterocycles. The van der Waals surface area contributed by atoms with Gasteiger partial charge in [-0.1, -0.05) is 62.8 Å². The fourth-order valence-electron chi connectivity index (χ4n) is 7.09. The molecule has 8 nitrogen and oxygen atoms in total. The highest BCUT2D eigenvalue weighted by Gasteiger charge is 2.75. The van der Waals surface area contributed by atoms with Gasteiger partial charge in [-0.05, 0) is 48.1 Å². The largest absolute Gasteiger partial charge is 0.465 e. The standard InChI is InChI=1S/C33H40N2O6/c1-5-8-18-40-32(39)27-26-15-16-33(41-26)28(27)30(37)35(25(20-36)21(4)7-3)29(33)31(38)34(17-6-2)24-14-13-22-11-9-10-12-23(22)19-24/h5-6,9-14,19,21,25-29,36H,1-2,7-8,15-18,20H2,3-4H3/t21-,25-,26-,27+,28-,29?,33?/m0/s1. The van der Waals surface area contributed by atoms with Crippen molar-refractivity contribution in [2.75, 3.05) is 24.7 Å². The van der Waals surface area contributed by atoms with E-state index in [1.807, 2.05) is 56.3 Å². The second kappa shape index (κ2) is 11.8. The Kier molecular flexibility index (Phi) is 8.34. The van der Waals surface area contributed by atoms with Crippen LogP contribution in [0.3, 0.4) is 0 Å². The minimum atomic E-state index is -1.18. The molecular weight excluding hydrogens is 520 g/mol. The number of carbonyl (C=O) groups is 3. The molecule has 3 aliphatic rings. The van der Waals surface area contributed by atoms with Crippen molar-refractivity contribution >= 4 is 34.2 Å². The first-order chi connectivity index (χ1) is 19.8. The SMILES string of the molecule is C=CCCOC(=O)[C@@H]1[C@@H]2CCC3(O2)C(C(=O)N(CC=C)c2ccc4ccccc4c2)N([C@@H](CO)[C@@H](C)CC)C(=O)[C@H]13. The van der Waals surface area contributed by atoms with E-state index in [2.05, 4.69) is 13.2 Å². The Bertz CT molecular complexity index is 1340. The van der Waals surface area contributed by atoms with Gasteiger partial charge in [0.15, 0.2) is 0 Å². The summed E-state index contributed by atoms with van der Waals surface area (Å²) < 4.78 is 12.1. The average Bonchev–Trinajstić information content (AvgIpc) is 3.63. The van der Waals surface area contributed by atoms with Gasteiger partial charge in [0.05, 0.1) is 37.2 Å². The molecule has 5 rings (SSSR count). The molecule has 2 amide bonds. The number of hydrogen-bond donors (Lipinski definition) is 1. The summed E-state index contributed by atoms with van der Waals surface area (Å²) >= 11 is 0. The zero-order chi connectivity index (χ0) is 29.3. The van der Waals surface area contributed by atoms with E-state index in [9.17, 15) is 19.5 Å². The molecule has 218 valence electrons. The molecule has 2 aromatic rings. The lowest BCUT2D eigenvalue weighted by atomic mass is 9.70. The monoisotopic (exact) mass is 560 g/mol. The molecule has 7 atom stereocenters. The highest BCUT2D eigenvalue weighted by molar-refractivity contribution is 6.05. The van der Waals surface area contributed by atoms with Gasteiger partial charge < -0.3 is 24.4 Å². The maximum Gasteiger partial charge on any atom is 0.312 e. The number of fused-ring (bicyclic) bond motifs is 2. The van der Waals surface area contributed by atoms with Crippen molar-refractivity contribution in [2.45, 2.75) is 63.3 Å². The molecule has 3 heterocycles. The molecule has 0 aliphatic carbocycles. The quantitative estimate of drug-likeness (QED) is 0.237. The molecule has 2 aromatic carbocycles. The summed E-state index contributed by atoms with van der Waals surface area (Å²) in [6, 6.07) is 12.1. The van der Waals surface area contributed by atoms with Crippen LogP contribution in [0.2, 0.25) is 0 Å². The van der Waals surface area contributed by atoms with Crippen molar-refractivity contribution in [3.05, 3.63) is 67.8 Å². The first-order valence-electron chi connectivity index (χ1n) is 14.6. The normalized spacial score (nSPS) is 27.9. The molecule has 2 bridgehead atoms. The third-order valence-electron chi connectivity index (χ3n) is 9.28. The summed E-state index contributed by atoms with van der Waals surface area (Å²) in [5.74, 6) is -2.85. The Balaban J connectivity index is 1.59. The van der Waals surface area contributed by atoms with Crippen LogP contribution < -0.4 is 4.90 Å². The van der Waals surface area contributed by atoms with E-state index in [0.29, 0.717) is 31.4 Å². The minimum absolute atomic E-state index is 0.0850. The predicted octanol–water partition coefficient (Wildman–Crippen LogP) is 4.26. The number of amides is 2. The summed E-state index contributed by atoms with van der Waals surface area (Å²) in [6.45, 7) is 11.6. The Morgan fingerprint density at radius 1 is 1.22 bits per heavy atom. The van der Waals surface area contributed by atoms with Gasteiger partial charge in [0.1, 0.15) is 11.6 Å². The molecule has 41 heavy (non-hydrogen) atoms. The zero-order valence-corrected chi connectivity index (χ0v) is 23.9. The van der Waals surface area contributed by atoms with E-state index >= 15 is 0 Å². The summed E-state index contributed by atoms with van der Waals surface area (Å²) in [5.41, 5.74) is -0.504. The van der Waals surface area contributed by atoms with Crippen molar-refractivity contribution in [1.82, 2.24) is 4.90 Å². The molecule has 3 fully saturated rings. The van der Waals surface area contributed by atoms with Gasteiger partial charge in [-0.2, -0.15) is 0 Å². The van der Waals surface area contributed by atoms with E-state index in [4.69, 9.17) is 9.47 Å². The molecule has 2 unspecified atom stereocenters. The second-order valence-corrected chi connectivity index (χ2v) is 11.5. The highest BCUT2D eigenvalue weighted by atomic mass is 16.6. The number of rotatable bonds is 12. The van der Waals surface area contributed by atoms with Gasteiger partial charge in [-0.3, -0.25) is 14.4 Å². The van der Waals surface area contributed by atoms with Gasteiger partial charge in [0, 0.05) is 12.2 Å². The van der Waals surface area contributed by atoms with Crippen molar-refractivity contribution in [2.24, 2.45) is 17.8 Å². The lowest BCUT2D eigenvalue weighted by molar-refractivity contribution is -0.156. The topological polar surface area (TPSA) is 96.4 Å². The van der Waals surface area contributed by atoms with Crippen LogP contribution in [0, 0.1) is 17.8 Å². The molecule has 0 aromatic heterocycles. The van der Waals surface area contributed by atoms with E-state index in [-0.39, 0.29) is 37.5 Å². The van der Waals surface area contributed by atoms with Gasteiger partial charge in [0.25, 0.3) is 5.91 Å². The van der Waals surface area contributed by atoms with Gasteiger partial charge >= 0.3 is 5.97 Å².